The first-order chi connectivity index (χ1) is 9.97. The summed E-state index contributed by atoms with van der Waals surface area (Å²) in [6.07, 6.45) is 6.33. The van der Waals surface area contributed by atoms with Gasteiger partial charge in [-0.25, -0.2) is 4.79 Å². The van der Waals surface area contributed by atoms with Crippen molar-refractivity contribution in [3.8, 4) is 0 Å². The third kappa shape index (κ3) is 4.90. The summed E-state index contributed by atoms with van der Waals surface area (Å²) < 4.78 is 0. The van der Waals surface area contributed by atoms with Gasteiger partial charge in [0.05, 0.1) is 5.92 Å². The normalized spacial score (nSPS) is 25.7. The van der Waals surface area contributed by atoms with E-state index in [1.54, 1.807) is 0 Å². The van der Waals surface area contributed by atoms with Crippen LogP contribution in [0.1, 0.15) is 58.8 Å². The van der Waals surface area contributed by atoms with Gasteiger partial charge >= 0.3 is 12.0 Å². The molecule has 2 saturated carbocycles. The van der Waals surface area contributed by atoms with Gasteiger partial charge in [0.1, 0.15) is 0 Å². The molecule has 0 spiro atoms. The van der Waals surface area contributed by atoms with Crippen LogP contribution in [0.3, 0.4) is 0 Å². The summed E-state index contributed by atoms with van der Waals surface area (Å²) in [5.74, 6) is -0.438. The van der Waals surface area contributed by atoms with Crippen LogP contribution in [0.4, 0.5) is 4.79 Å². The lowest BCUT2D eigenvalue weighted by Crippen LogP contribution is -2.48. The summed E-state index contributed by atoms with van der Waals surface area (Å²) in [6, 6.07) is 0.435. The summed E-state index contributed by atoms with van der Waals surface area (Å²) in [4.78, 5) is 25.5. The van der Waals surface area contributed by atoms with Crippen molar-refractivity contribution in [2.24, 2.45) is 11.8 Å². The van der Waals surface area contributed by atoms with Crippen LogP contribution < -0.4 is 5.32 Å². The predicted octanol–water partition coefficient (Wildman–Crippen LogP) is 2.85. The van der Waals surface area contributed by atoms with Crippen LogP contribution in [0, 0.1) is 11.8 Å². The van der Waals surface area contributed by atoms with Crippen LogP contribution in [0.15, 0.2) is 0 Å². The van der Waals surface area contributed by atoms with Crippen LogP contribution in [-0.4, -0.2) is 40.6 Å². The van der Waals surface area contributed by atoms with Crippen molar-refractivity contribution in [1.82, 2.24) is 10.2 Å². The van der Waals surface area contributed by atoms with Gasteiger partial charge in [0.15, 0.2) is 0 Å². The lowest BCUT2D eigenvalue weighted by atomic mass is 9.86. The van der Waals surface area contributed by atoms with E-state index in [4.69, 9.17) is 5.11 Å². The Balaban J connectivity index is 1.84. The summed E-state index contributed by atoms with van der Waals surface area (Å²) in [5.41, 5.74) is 0. The van der Waals surface area contributed by atoms with Crippen LogP contribution in [0.25, 0.3) is 0 Å². The fourth-order valence-corrected chi connectivity index (χ4v) is 3.04. The molecule has 0 aliphatic heterocycles. The van der Waals surface area contributed by atoms with Gasteiger partial charge in [0, 0.05) is 18.6 Å². The van der Waals surface area contributed by atoms with Crippen LogP contribution in [0.2, 0.25) is 0 Å². The minimum atomic E-state index is -0.729. The van der Waals surface area contributed by atoms with E-state index in [1.807, 2.05) is 4.90 Å². The SMILES string of the molecule is CC(C)CCN(C(=O)NC1CCCC(C(=O)O)C1)C1CC1. The molecule has 0 radical (unpaired) electrons. The Morgan fingerprint density at radius 2 is 1.95 bits per heavy atom. The molecular formula is C16H28N2O3. The first-order valence-corrected chi connectivity index (χ1v) is 8.27. The first kappa shape index (κ1) is 16.1. The van der Waals surface area contributed by atoms with Gasteiger partial charge in [-0.15, -0.1) is 0 Å². The van der Waals surface area contributed by atoms with Crippen molar-refractivity contribution in [2.75, 3.05) is 6.54 Å². The highest BCUT2D eigenvalue weighted by Gasteiger charge is 2.34. The number of hydrogen-bond donors (Lipinski definition) is 2. The molecule has 2 atom stereocenters. The van der Waals surface area contributed by atoms with Crippen molar-refractivity contribution in [2.45, 2.75) is 70.9 Å². The Morgan fingerprint density at radius 3 is 2.52 bits per heavy atom. The molecule has 21 heavy (non-hydrogen) atoms. The number of urea groups is 1. The van der Waals surface area contributed by atoms with E-state index in [1.165, 1.54) is 0 Å². The molecule has 2 aliphatic rings. The van der Waals surface area contributed by atoms with Crippen molar-refractivity contribution >= 4 is 12.0 Å². The second-order valence-electron chi connectivity index (χ2n) is 6.96. The van der Waals surface area contributed by atoms with Crippen molar-refractivity contribution in [1.29, 1.82) is 0 Å². The lowest BCUT2D eigenvalue weighted by Gasteiger charge is -2.31. The molecule has 5 nitrogen and oxygen atoms in total. The predicted molar refractivity (Wildman–Crippen MR) is 81.1 cm³/mol. The van der Waals surface area contributed by atoms with Gasteiger partial charge in [-0.1, -0.05) is 20.3 Å². The molecule has 2 N–H and O–H groups in total. The van der Waals surface area contributed by atoms with E-state index in [9.17, 15) is 9.59 Å². The van der Waals surface area contributed by atoms with E-state index >= 15 is 0 Å². The maximum atomic E-state index is 12.4. The number of nitrogens with zero attached hydrogens (tertiary/aromatic N) is 1. The van der Waals surface area contributed by atoms with Crippen molar-refractivity contribution < 1.29 is 14.7 Å². The number of carboxylic acids is 1. The lowest BCUT2D eigenvalue weighted by molar-refractivity contribution is -0.143. The molecule has 0 saturated heterocycles. The van der Waals surface area contributed by atoms with Crippen LogP contribution >= 0.6 is 0 Å². The largest absolute Gasteiger partial charge is 0.481 e. The summed E-state index contributed by atoms with van der Waals surface area (Å²) in [5, 5.41) is 12.2. The molecule has 2 amide bonds. The molecule has 0 aromatic carbocycles. The summed E-state index contributed by atoms with van der Waals surface area (Å²) >= 11 is 0. The maximum Gasteiger partial charge on any atom is 0.317 e. The van der Waals surface area contributed by atoms with Crippen molar-refractivity contribution in [3.63, 3.8) is 0 Å². The molecule has 0 aromatic heterocycles. The quantitative estimate of drug-likeness (QED) is 0.792. The number of carbonyl (C=O) groups excluding carboxylic acids is 1. The minimum Gasteiger partial charge on any atom is -0.481 e. The number of aliphatic carboxylic acids is 1. The molecule has 5 heteroatoms. The van der Waals surface area contributed by atoms with E-state index in [-0.39, 0.29) is 18.0 Å². The van der Waals surface area contributed by atoms with Crippen LogP contribution in [0.5, 0.6) is 0 Å². The Labute approximate surface area is 127 Å². The molecular weight excluding hydrogens is 268 g/mol. The average molecular weight is 296 g/mol. The standard InChI is InChI=1S/C16H28N2O3/c1-11(2)8-9-18(14-6-7-14)16(21)17-13-5-3-4-12(10-13)15(19)20/h11-14H,3-10H2,1-2H3,(H,17,21)(H,19,20). The van der Waals surface area contributed by atoms with E-state index in [2.05, 4.69) is 19.2 Å². The molecule has 2 fully saturated rings. The highest BCUT2D eigenvalue weighted by Crippen LogP contribution is 2.29. The number of nitrogens with one attached hydrogen (secondary N) is 1. The Morgan fingerprint density at radius 1 is 1.24 bits per heavy atom. The highest BCUT2D eigenvalue weighted by atomic mass is 16.4. The zero-order chi connectivity index (χ0) is 15.4. The number of carbonyl (C=O) groups is 2. The highest BCUT2D eigenvalue weighted by molar-refractivity contribution is 5.75. The molecule has 120 valence electrons. The number of rotatable bonds is 6. The van der Waals surface area contributed by atoms with Gasteiger partial charge in [-0.2, -0.15) is 0 Å². The van der Waals surface area contributed by atoms with Gasteiger partial charge < -0.3 is 15.3 Å². The fraction of sp³-hybridized carbons (Fsp3) is 0.875. The monoisotopic (exact) mass is 296 g/mol. The Bertz CT molecular complexity index is 380. The second kappa shape index (κ2) is 7.14. The first-order valence-electron chi connectivity index (χ1n) is 8.27. The van der Waals surface area contributed by atoms with Gasteiger partial charge in [-0.3, -0.25) is 4.79 Å². The third-order valence-electron chi connectivity index (χ3n) is 4.55. The molecule has 0 bridgehead atoms. The molecule has 2 rings (SSSR count). The fourth-order valence-electron chi connectivity index (χ4n) is 3.04. The number of amides is 2. The summed E-state index contributed by atoms with van der Waals surface area (Å²) in [7, 11) is 0. The second-order valence-corrected chi connectivity index (χ2v) is 6.96. The smallest absolute Gasteiger partial charge is 0.317 e. The van der Waals surface area contributed by atoms with Crippen LogP contribution in [-0.2, 0) is 4.79 Å². The number of hydrogen-bond acceptors (Lipinski definition) is 2. The van der Waals surface area contributed by atoms with E-state index in [0.717, 1.165) is 45.1 Å². The molecule has 0 heterocycles. The third-order valence-corrected chi connectivity index (χ3v) is 4.55. The Kier molecular flexibility index (Phi) is 5.48. The van der Waals surface area contributed by atoms with Crippen molar-refractivity contribution in [3.05, 3.63) is 0 Å². The van der Waals surface area contributed by atoms with Gasteiger partial charge in [0.25, 0.3) is 0 Å². The summed E-state index contributed by atoms with van der Waals surface area (Å²) in [6.45, 7) is 5.15. The Hall–Kier alpha value is -1.26. The zero-order valence-corrected chi connectivity index (χ0v) is 13.2. The number of carboxylic acid groups (broad SMARTS) is 1. The molecule has 0 aromatic rings. The van der Waals surface area contributed by atoms with Gasteiger partial charge in [-0.05, 0) is 44.4 Å². The zero-order valence-electron chi connectivity index (χ0n) is 13.2. The van der Waals surface area contributed by atoms with E-state index in [0.29, 0.717) is 18.4 Å². The average Bonchev–Trinajstić information content (AvgIpc) is 3.23. The van der Waals surface area contributed by atoms with Gasteiger partial charge in [0.2, 0.25) is 0 Å². The minimum absolute atomic E-state index is 0.00851. The van der Waals surface area contributed by atoms with E-state index < -0.39 is 5.97 Å². The molecule has 2 unspecified atom stereocenters. The maximum absolute atomic E-state index is 12.4. The topological polar surface area (TPSA) is 69.6 Å². The molecule has 2 aliphatic carbocycles.